The van der Waals surface area contributed by atoms with E-state index in [0.717, 1.165) is 12.8 Å². The SMILES string of the molecule is CCCCOc1cccc(C(=O)Oc2ccc([N+](=O)[O-])cc2)c1. The van der Waals surface area contributed by atoms with E-state index < -0.39 is 10.9 Å². The van der Waals surface area contributed by atoms with Crippen LogP contribution in [0.25, 0.3) is 0 Å². The molecule has 0 saturated carbocycles. The fourth-order valence-electron chi connectivity index (χ4n) is 1.85. The molecule has 0 saturated heterocycles. The van der Waals surface area contributed by atoms with E-state index in [1.807, 2.05) is 0 Å². The van der Waals surface area contributed by atoms with Gasteiger partial charge in [0.15, 0.2) is 0 Å². The van der Waals surface area contributed by atoms with Crippen molar-refractivity contribution in [3.63, 3.8) is 0 Å². The van der Waals surface area contributed by atoms with Gasteiger partial charge in [-0.1, -0.05) is 19.4 Å². The van der Waals surface area contributed by atoms with E-state index in [9.17, 15) is 14.9 Å². The van der Waals surface area contributed by atoms with Crippen LogP contribution in [0.3, 0.4) is 0 Å². The number of hydrogen-bond acceptors (Lipinski definition) is 5. The largest absolute Gasteiger partial charge is 0.494 e. The van der Waals surface area contributed by atoms with Crippen LogP contribution < -0.4 is 9.47 Å². The molecule has 0 radical (unpaired) electrons. The summed E-state index contributed by atoms with van der Waals surface area (Å²) in [4.78, 5) is 22.2. The zero-order chi connectivity index (χ0) is 16.7. The Morgan fingerprint density at radius 3 is 2.52 bits per heavy atom. The molecular formula is C17H17NO5. The third kappa shape index (κ3) is 4.81. The lowest BCUT2D eigenvalue weighted by Crippen LogP contribution is -2.09. The number of carbonyl (C=O) groups is 1. The first kappa shape index (κ1) is 16.5. The third-order valence-corrected chi connectivity index (χ3v) is 3.09. The molecule has 0 unspecified atom stereocenters. The highest BCUT2D eigenvalue weighted by molar-refractivity contribution is 5.91. The molecule has 120 valence electrons. The van der Waals surface area contributed by atoms with Gasteiger partial charge < -0.3 is 9.47 Å². The van der Waals surface area contributed by atoms with E-state index in [1.165, 1.54) is 24.3 Å². The quantitative estimate of drug-likeness (QED) is 0.254. The van der Waals surface area contributed by atoms with Gasteiger partial charge >= 0.3 is 5.97 Å². The number of non-ortho nitro benzene ring substituents is 1. The molecule has 2 aromatic rings. The first-order valence-corrected chi connectivity index (χ1v) is 7.29. The number of nitro benzene ring substituents is 1. The van der Waals surface area contributed by atoms with Crippen LogP contribution in [0.1, 0.15) is 30.1 Å². The number of hydrogen-bond donors (Lipinski definition) is 0. The van der Waals surface area contributed by atoms with Gasteiger partial charge in [-0.15, -0.1) is 0 Å². The van der Waals surface area contributed by atoms with Crippen LogP contribution in [0.15, 0.2) is 48.5 Å². The van der Waals surface area contributed by atoms with Crippen molar-refractivity contribution in [2.45, 2.75) is 19.8 Å². The molecule has 0 bridgehead atoms. The zero-order valence-electron chi connectivity index (χ0n) is 12.7. The molecule has 0 N–H and O–H groups in total. The lowest BCUT2D eigenvalue weighted by atomic mass is 10.2. The van der Waals surface area contributed by atoms with E-state index in [0.29, 0.717) is 17.9 Å². The van der Waals surface area contributed by atoms with E-state index in [4.69, 9.17) is 9.47 Å². The summed E-state index contributed by atoms with van der Waals surface area (Å²) in [7, 11) is 0. The van der Waals surface area contributed by atoms with Crippen molar-refractivity contribution in [3.8, 4) is 11.5 Å². The lowest BCUT2D eigenvalue weighted by Gasteiger charge is -2.08. The van der Waals surface area contributed by atoms with Gasteiger partial charge in [0.2, 0.25) is 0 Å². The first-order chi connectivity index (χ1) is 11.1. The molecule has 6 heteroatoms. The van der Waals surface area contributed by atoms with Gasteiger partial charge in [-0.2, -0.15) is 0 Å². The summed E-state index contributed by atoms with van der Waals surface area (Å²) in [5.41, 5.74) is 0.300. The second-order valence-electron chi connectivity index (χ2n) is 4.87. The summed E-state index contributed by atoms with van der Waals surface area (Å²) < 4.78 is 10.7. The Morgan fingerprint density at radius 2 is 1.87 bits per heavy atom. The molecule has 0 aliphatic rings. The van der Waals surface area contributed by atoms with Gasteiger partial charge in [0.05, 0.1) is 17.1 Å². The summed E-state index contributed by atoms with van der Waals surface area (Å²) in [5.74, 6) is 0.314. The molecule has 0 fully saturated rings. The summed E-state index contributed by atoms with van der Waals surface area (Å²) in [6, 6.07) is 12.1. The Bertz CT molecular complexity index is 682. The number of rotatable bonds is 7. The van der Waals surface area contributed by atoms with Crippen LogP contribution in [0.5, 0.6) is 11.5 Å². The smallest absolute Gasteiger partial charge is 0.343 e. The molecule has 0 aromatic heterocycles. The van der Waals surface area contributed by atoms with Gasteiger partial charge in [-0.3, -0.25) is 10.1 Å². The highest BCUT2D eigenvalue weighted by Gasteiger charge is 2.11. The number of nitro groups is 1. The third-order valence-electron chi connectivity index (χ3n) is 3.09. The minimum absolute atomic E-state index is 0.0591. The number of unbranched alkanes of at least 4 members (excludes halogenated alkanes) is 1. The molecule has 0 atom stereocenters. The maximum absolute atomic E-state index is 12.1. The number of carbonyl (C=O) groups excluding carboxylic acids is 1. The van der Waals surface area contributed by atoms with Crippen LogP contribution in [0.4, 0.5) is 5.69 Å². The number of ether oxygens (including phenoxy) is 2. The minimum Gasteiger partial charge on any atom is -0.494 e. The van der Waals surface area contributed by atoms with Gasteiger partial charge in [-0.05, 0) is 36.8 Å². The van der Waals surface area contributed by atoms with Gasteiger partial charge in [0, 0.05) is 12.1 Å². The molecule has 0 aliphatic carbocycles. The van der Waals surface area contributed by atoms with Crippen LogP contribution in [-0.4, -0.2) is 17.5 Å². The van der Waals surface area contributed by atoms with E-state index in [2.05, 4.69) is 6.92 Å². The van der Waals surface area contributed by atoms with Crippen LogP contribution in [0.2, 0.25) is 0 Å². The highest BCUT2D eigenvalue weighted by atomic mass is 16.6. The monoisotopic (exact) mass is 315 g/mol. The maximum atomic E-state index is 12.1. The number of nitrogens with zero attached hydrogens (tertiary/aromatic N) is 1. The maximum Gasteiger partial charge on any atom is 0.343 e. The first-order valence-electron chi connectivity index (χ1n) is 7.29. The van der Waals surface area contributed by atoms with Crippen molar-refractivity contribution in [2.24, 2.45) is 0 Å². The van der Waals surface area contributed by atoms with Crippen molar-refractivity contribution in [1.82, 2.24) is 0 Å². The Balaban J connectivity index is 2.02. The number of esters is 1. The van der Waals surface area contributed by atoms with Gasteiger partial charge in [0.1, 0.15) is 11.5 Å². The molecule has 2 rings (SSSR count). The molecule has 6 nitrogen and oxygen atoms in total. The summed E-state index contributed by atoms with van der Waals surface area (Å²) in [6.45, 7) is 2.67. The average Bonchev–Trinajstić information content (AvgIpc) is 2.56. The Hall–Kier alpha value is -2.89. The molecular weight excluding hydrogens is 298 g/mol. The normalized spacial score (nSPS) is 10.1. The van der Waals surface area contributed by atoms with E-state index in [-0.39, 0.29) is 11.4 Å². The summed E-state index contributed by atoms with van der Waals surface area (Å²) >= 11 is 0. The highest BCUT2D eigenvalue weighted by Crippen LogP contribution is 2.20. The summed E-state index contributed by atoms with van der Waals surface area (Å²) in [5, 5.41) is 10.6. The fourth-order valence-corrected chi connectivity index (χ4v) is 1.85. The molecule has 0 amide bonds. The van der Waals surface area contributed by atoms with Crippen molar-refractivity contribution in [2.75, 3.05) is 6.61 Å². The lowest BCUT2D eigenvalue weighted by molar-refractivity contribution is -0.384. The van der Waals surface area contributed by atoms with Crippen LogP contribution >= 0.6 is 0 Å². The van der Waals surface area contributed by atoms with E-state index >= 15 is 0 Å². The Morgan fingerprint density at radius 1 is 1.13 bits per heavy atom. The zero-order valence-corrected chi connectivity index (χ0v) is 12.7. The average molecular weight is 315 g/mol. The van der Waals surface area contributed by atoms with Crippen molar-refractivity contribution in [1.29, 1.82) is 0 Å². The molecule has 2 aromatic carbocycles. The topological polar surface area (TPSA) is 78.7 Å². The standard InChI is InChI=1S/C17H17NO5/c1-2-3-11-22-16-6-4-5-13(12-16)17(19)23-15-9-7-14(8-10-15)18(20)21/h4-10,12H,2-3,11H2,1H3. The van der Waals surface area contributed by atoms with Crippen LogP contribution in [0, 0.1) is 10.1 Å². The predicted octanol–water partition coefficient (Wildman–Crippen LogP) is 3.99. The molecule has 0 aliphatic heterocycles. The van der Waals surface area contributed by atoms with Crippen LogP contribution in [-0.2, 0) is 0 Å². The summed E-state index contributed by atoms with van der Waals surface area (Å²) in [6.07, 6.45) is 1.97. The fraction of sp³-hybridized carbons (Fsp3) is 0.235. The number of benzene rings is 2. The van der Waals surface area contributed by atoms with Gasteiger partial charge in [0.25, 0.3) is 5.69 Å². The second-order valence-corrected chi connectivity index (χ2v) is 4.87. The van der Waals surface area contributed by atoms with Crippen molar-refractivity contribution >= 4 is 11.7 Å². The molecule has 23 heavy (non-hydrogen) atoms. The Kier molecular flexibility index (Phi) is 5.68. The van der Waals surface area contributed by atoms with E-state index in [1.54, 1.807) is 24.3 Å². The van der Waals surface area contributed by atoms with Crippen molar-refractivity contribution < 1.29 is 19.2 Å². The van der Waals surface area contributed by atoms with Gasteiger partial charge in [-0.25, -0.2) is 4.79 Å². The Labute approximate surface area is 133 Å². The molecule has 0 heterocycles. The van der Waals surface area contributed by atoms with Crippen molar-refractivity contribution in [3.05, 3.63) is 64.2 Å². The molecule has 0 spiro atoms. The minimum atomic E-state index is -0.542. The predicted molar refractivity (Wildman–Crippen MR) is 84.9 cm³/mol. The second kappa shape index (κ2) is 7.93.